The van der Waals surface area contributed by atoms with Gasteiger partial charge in [0, 0.05) is 12.7 Å². The molecule has 1 unspecified atom stereocenters. The van der Waals surface area contributed by atoms with Crippen LogP contribution in [0.3, 0.4) is 0 Å². The third kappa shape index (κ3) is 2.88. The number of nitrogens with zero attached hydrogens (tertiary/aromatic N) is 2. The number of halogens is 1. The van der Waals surface area contributed by atoms with Crippen molar-refractivity contribution in [3.63, 3.8) is 0 Å². The highest BCUT2D eigenvalue weighted by Gasteiger charge is 2.24. The highest BCUT2D eigenvalue weighted by atomic mass is 35.5. The van der Waals surface area contributed by atoms with Crippen molar-refractivity contribution >= 4 is 29.3 Å². The van der Waals surface area contributed by atoms with Crippen LogP contribution in [0.5, 0.6) is 0 Å². The first kappa shape index (κ1) is 14.7. The van der Waals surface area contributed by atoms with Crippen molar-refractivity contribution in [2.75, 3.05) is 31.0 Å². The molecule has 0 spiro atoms. The second-order valence-corrected chi connectivity index (χ2v) is 4.94. The minimum absolute atomic E-state index is 0.0427. The molecule has 20 heavy (non-hydrogen) atoms. The number of rotatable bonds is 4. The summed E-state index contributed by atoms with van der Waals surface area (Å²) in [6, 6.07) is 7.43. The molecule has 0 saturated carbocycles. The van der Waals surface area contributed by atoms with E-state index in [2.05, 4.69) is 0 Å². The van der Waals surface area contributed by atoms with Gasteiger partial charge in [0.25, 0.3) is 0 Å². The largest absolute Gasteiger partial charge is 0.447 e. The zero-order chi connectivity index (χ0) is 14.7. The summed E-state index contributed by atoms with van der Waals surface area (Å²) in [6.07, 6.45) is -0.333. The van der Waals surface area contributed by atoms with Gasteiger partial charge in [0.2, 0.25) is 5.91 Å². The maximum atomic E-state index is 11.6. The van der Waals surface area contributed by atoms with Gasteiger partial charge >= 0.3 is 6.09 Å². The monoisotopic (exact) mass is 296 g/mol. The van der Waals surface area contributed by atoms with Gasteiger partial charge in [-0.3, -0.25) is 9.69 Å². The van der Waals surface area contributed by atoms with Gasteiger partial charge in [-0.05, 0) is 24.6 Å². The van der Waals surface area contributed by atoms with Gasteiger partial charge in [0.1, 0.15) is 12.5 Å². The molecule has 5 nitrogen and oxygen atoms in total. The Balaban J connectivity index is 2.21. The van der Waals surface area contributed by atoms with Gasteiger partial charge in [-0.1, -0.05) is 12.1 Å². The number of hydrogen-bond donors (Lipinski definition) is 0. The van der Waals surface area contributed by atoms with Crippen LogP contribution in [-0.4, -0.2) is 43.0 Å². The first-order valence-electron chi connectivity index (χ1n) is 6.40. The lowest BCUT2D eigenvalue weighted by atomic mass is 10.1. The van der Waals surface area contributed by atoms with Crippen LogP contribution in [0.15, 0.2) is 24.3 Å². The molecule has 6 heteroatoms. The maximum Gasteiger partial charge on any atom is 0.414 e. The lowest BCUT2D eigenvalue weighted by Gasteiger charge is -2.25. The molecule has 2 amide bonds. The van der Waals surface area contributed by atoms with Crippen molar-refractivity contribution in [1.82, 2.24) is 4.90 Å². The van der Waals surface area contributed by atoms with Crippen LogP contribution in [-0.2, 0) is 9.53 Å². The molecule has 1 atom stereocenters. The molecule has 0 bridgehead atoms. The van der Waals surface area contributed by atoms with E-state index < -0.39 is 0 Å². The fourth-order valence-electron chi connectivity index (χ4n) is 2.11. The van der Waals surface area contributed by atoms with Gasteiger partial charge in [-0.15, -0.1) is 11.6 Å². The van der Waals surface area contributed by atoms with E-state index in [0.29, 0.717) is 13.2 Å². The Morgan fingerprint density at radius 1 is 1.55 bits per heavy atom. The van der Waals surface area contributed by atoms with Crippen molar-refractivity contribution < 1.29 is 14.3 Å². The molecule has 1 aliphatic rings. The van der Waals surface area contributed by atoms with Crippen LogP contribution in [0.2, 0.25) is 0 Å². The molecular formula is C14H17ClN2O3. The topological polar surface area (TPSA) is 49.9 Å². The zero-order valence-electron chi connectivity index (χ0n) is 11.5. The minimum atomic E-state index is -0.333. The van der Waals surface area contributed by atoms with E-state index in [1.807, 2.05) is 31.2 Å². The molecule has 1 aliphatic heterocycles. The van der Waals surface area contributed by atoms with Crippen LogP contribution in [0.4, 0.5) is 10.5 Å². The highest BCUT2D eigenvalue weighted by Crippen LogP contribution is 2.25. The van der Waals surface area contributed by atoms with E-state index in [0.717, 1.165) is 11.3 Å². The Hall–Kier alpha value is -1.75. The Morgan fingerprint density at radius 3 is 2.90 bits per heavy atom. The predicted octanol–water partition coefficient (Wildman–Crippen LogP) is 2.40. The summed E-state index contributed by atoms with van der Waals surface area (Å²) in [5.74, 6) is -0.177. The molecule has 108 valence electrons. The normalized spacial score (nSPS) is 15.9. The van der Waals surface area contributed by atoms with Gasteiger partial charge in [-0.25, -0.2) is 4.79 Å². The molecule has 1 fully saturated rings. The van der Waals surface area contributed by atoms with Crippen molar-refractivity contribution in [1.29, 1.82) is 0 Å². The lowest BCUT2D eigenvalue weighted by Crippen LogP contribution is -2.30. The van der Waals surface area contributed by atoms with Crippen molar-refractivity contribution in [2.24, 2.45) is 0 Å². The van der Waals surface area contributed by atoms with Gasteiger partial charge in [0.05, 0.1) is 12.6 Å². The number of amides is 2. The number of anilines is 1. The van der Waals surface area contributed by atoms with E-state index in [-0.39, 0.29) is 23.9 Å². The Bertz CT molecular complexity index is 521. The van der Waals surface area contributed by atoms with Crippen LogP contribution in [0.25, 0.3) is 0 Å². The second-order valence-electron chi connectivity index (χ2n) is 4.68. The molecule has 1 aromatic rings. The summed E-state index contributed by atoms with van der Waals surface area (Å²) in [6.45, 7) is 2.88. The van der Waals surface area contributed by atoms with Crippen molar-refractivity contribution in [3.05, 3.63) is 29.8 Å². The van der Waals surface area contributed by atoms with E-state index in [9.17, 15) is 9.59 Å². The number of carbonyl (C=O) groups excluding carboxylic acids is 2. The average Bonchev–Trinajstić information content (AvgIpc) is 2.91. The molecule has 0 radical (unpaired) electrons. The maximum absolute atomic E-state index is 11.6. The molecule has 0 aromatic heterocycles. The van der Waals surface area contributed by atoms with E-state index >= 15 is 0 Å². The van der Waals surface area contributed by atoms with Crippen LogP contribution in [0, 0.1) is 0 Å². The quantitative estimate of drug-likeness (QED) is 0.802. The highest BCUT2D eigenvalue weighted by molar-refractivity contribution is 6.27. The van der Waals surface area contributed by atoms with E-state index in [1.165, 1.54) is 0 Å². The van der Waals surface area contributed by atoms with Crippen LogP contribution < -0.4 is 4.90 Å². The van der Waals surface area contributed by atoms with Crippen molar-refractivity contribution in [3.8, 4) is 0 Å². The summed E-state index contributed by atoms with van der Waals surface area (Å²) in [7, 11) is 1.71. The number of cyclic esters (lactones) is 1. The average molecular weight is 297 g/mol. The second kappa shape index (κ2) is 6.13. The fourth-order valence-corrected chi connectivity index (χ4v) is 2.30. The number of carbonyl (C=O) groups is 2. The fraction of sp³-hybridized carbons (Fsp3) is 0.429. The Labute approximate surface area is 123 Å². The standard InChI is InChI=1S/C14H17ClN2O3/c1-10(16(2)13(18)9-15)11-4-3-5-12(8-11)17-6-7-20-14(17)19/h3-5,8,10H,6-7,9H2,1-2H3. The third-order valence-electron chi connectivity index (χ3n) is 3.51. The number of ether oxygens (including phenoxy) is 1. The first-order valence-corrected chi connectivity index (χ1v) is 6.94. The number of hydrogen-bond acceptors (Lipinski definition) is 3. The summed E-state index contributed by atoms with van der Waals surface area (Å²) >= 11 is 5.57. The zero-order valence-corrected chi connectivity index (χ0v) is 12.3. The van der Waals surface area contributed by atoms with Gasteiger partial charge < -0.3 is 9.64 Å². The van der Waals surface area contributed by atoms with E-state index in [4.69, 9.17) is 16.3 Å². The summed E-state index contributed by atoms with van der Waals surface area (Å²) in [4.78, 5) is 26.4. The Morgan fingerprint density at radius 2 is 2.30 bits per heavy atom. The lowest BCUT2D eigenvalue weighted by molar-refractivity contribution is -0.129. The van der Waals surface area contributed by atoms with Crippen LogP contribution in [0.1, 0.15) is 18.5 Å². The molecule has 0 aliphatic carbocycles. The van der Waals surface area contributed by atoms with Gasteiger partial charge in [0.15, 0.2) is 0 Å². The summed E-state index contributed by atoms with van der Waals surface area (Å²) < 4.78 is 4.93. The minimum Gasteiger partial charge on any atom is -0.447 e. The molecular weight excluding hydrogens is 280 g/mol. The van der Waals surface area contributed by atoms with Gasteiger partial charge in [-0.2, -0.15) is 0 Å². The summed E-state index contributed by atoms with van der Waals surface area (Å²) in [5.41, 5.74) is 1.73. The number of alkyl halides is 1. The molecule has 2 rings (SSSR count). The predicted molar refractivity (Wildman–Crippen MR) is 77.0 cm³/mol. The Kier molecular flexibility index (Phi) is 4.49. The summed E-state index contributed by atoms with van der Waals surface area (Å²) in [5, 5.41) is 0. The van der Waals surface area contributed by atoms with Crippen LogP contribution >= 0.6 is 11.6 Å². The number of benzene rings is 1. The molecule has 0 N–H and O–H groups in total. The molecule has 1 heterocycles. The van der Waals surface area contributed by atoms with Crippen molar-refractivity contribution in [2.45, 2.75) is 13.0 Å². The van der Waals surface area contributed by atoms with E-state index in [1.54, 1.807) is 16.8 Å². The molecule has 1 aromatic carbocycles. The first-order chi connectivity index (χ1) is 9.54. The smallest absolute Gasteiger partial charge is 0.414 e. The SMILES string of the molecule is CC(c1cccc(N2CCOC2=O)c1)N(C)C(=O)CCl. The third-order valence-corrected chi connectivity index (χ3v) is 3.74. The molecule has 1 saturated heterocycles.